The molecule has 2 aromatic carbocycles. The second kappa shape index (κ2) is 6.63. The third-order valence-corrected chi connectivity index (χ3v) is 5.61. The summed E-state index contributed by atoms with van der Waals surface area (Å²) in [4.78, 5) is 30.9. The van der Waals surface area contributed by atoms with Gasteiger partial charge in [-0.25, -0.2) is 4.98 Å². The molecule has 4 nitrogen and oxygen atoms in total. The van der Waals surface area contributed by atoms with Crippen molar-refractivity contribution in [2.24, 2.45) is 0 Å². The first-order valence-corrected chi connectivity index (χ1v) is 9.52. The number of thiazole rings is 1. The average molecular weight is 425 g/mol. The van der Waals surface area contributed by atoms with Gasteiger partial charge in [0, 0.05) is 21.8 Å². The highest BCUT2D eigenvalue weighted by molar-refractivity contribution is 9.10. The molecule has 0 aliphatic rings. The smallest absolute Gasteiger partial charge is 0.211 e. The molecule has 4 rings (SSSR count). The molecule has 0 amide bonds. The number of benzene rings is 2. The SMILES string of the molecule is Cc1ccc(C(=O)c2cnc3sc(C(=O)c4ccc(Br)cc4)cn23)cc1. The number of imidazole rings is 1. The van der Waals surface area contributed by atoms with Gasteiger partial charge in [0.2, 0.25) is 11.6 Å². The van der Waals surface area contributed by atoms with Crippen molar-refractivity contribution < 1.29 is 9.59 Å². The normalized spacial score (nSPS) is 11.0. The van der Waals surface area contributed by atoms with E-state index in [4.69, 9.17) is 0 Å². The van der Waals surface area contributed by atoms with Crippen molar-refractivity contribution in [2.75, 3.05) is 0 Å². The highest BCUT2D eigenvalue weighted by Crippen LogP contribution is 2.24. The predicted molar refractivity (Wildman–Crippen MR) is 105 cm³/mol. The van der Waals surface area contributed by atoms with E-state index in [0.717, 1.165) is 10.0 Å². The lowest BCUT2D eigenvalue weighted by Gasteiger charge is -2.00. The van der Waals surface area contributed by atoms with Gasteiger partial charge in [0.15, 0.2) is 4.96 Å². The van der Waals surface area contributed by atoms with Crippen LogP contribution in [0.25, 0.3) is 4.96 Å². The summed E-state index contributed by atoms with van der Waals surface area (Å²) < 4.78 is 2.61. The highest BCUT2D eigenvalue weighted by atomic mass is 79.9. The van der Waals surface area contributed by atoms with Crippen LogP contribution in [-0.2, 0) is 0 Å². The monoisotopic (exact) mass is 424 g/mol. The van der Waals surface area contributed by atoms with E-state index in [1.807, 2.05) is 31.2 Å². The zero-order chi connectivity index (χ0) is 18.3. The van der Waals surface area contributed by atoms with E-state index >= 15 is 0 Å². The lowest BCUT2D eigenvalue weighted by atomic mass is 10.1. The van der Waals surface area contributed by atoms with E-state index in [-0.39, 0.29) is 11.6 Å². The van der Waals surface area contributed by atoms with Crippen LogP contribution < -0.4 is 0 Å². The van der Waals surface area contributed by atoms with E-state index in [0.29, 0.717) is 26.7 Å². The minimum Gasteiger partial charge on any atom is -0.288 e. The number of carbonyl (C=O) groups is 2. The number of carbonyl (C=O) groups excluding carboxylic acids is 2. The van der Waals surface area contributed by atoms with Gasteiger partial charge in [0.25, 0.3) is 0 Å². The summed E-state index contributed by atoms with van der Waals surface area (Å²) in [5.41, 5.74) is 2.75. The molecule has 128 valence electrons. The second-order valence-corrected chi connectivity index (χ2v) is 7.85. The maximum absolute atomic E-state index is 12.8. The van der Waals surface area contributed by atoms with Crippen molar-refractivity contribution in [2.45, 2.75) is 6.92 Å². The Hall–Kier alpha value is -2.57. The van der Waals surface area contributed by atoms with Crippen molar-refractivity contribution in [3.8, 4) is 0 Å². The molecule has 4 aromatic rings. The Kier molecular flexibility index (Phi) is 4.30. The van der Waals surface area contributed by atoms with Crippen LogP contribution in [0.1, 0.15) is 36.9 Å². The Bertz CT molecular complexity index is 1130. The van der Waals surface area contributed by atoms with Gasteiger partial charge in [0.05, 0.1) is 11.1 Å². The average Bonchev–Trinajstić information content (AvgIpc) is 3.22. The summed E-state index contributed by atoms with van der Waals surface area (Å²) >= 11 is 4.64. The minimum atomic E-state index is -0.113. The topological polar surface area (TPSA) is 51.4 Å². The Morgan fingerprint density at radius 1 is 0.962 bits per heavy atom. The van der Waals surface area contributed by atoms with Crippen LogP contribution in [0.5, 0.6) is 0 Å². The first kappa shape index (κ1) is 16.9. The standard InChI is InChI=1S/C20H13BrN2O2S/c1-12-2-4-13(5-3-12)18(24)16-10-22-20-23(16)11-17(26-20)19(25)14-6-8-15(21)9-7-14/h2-11H,1H3. The van der Waals surface area contributed by atoms with Crippen LogP contribution in [-0.4, -0.2) is 21.0 Å². The van der Waals surface area contributed by atoms with E-state index in [2.05, 4.69) is 20.9 Å². The number of aryl methyl sites for hydroxylation is 1. The fourth-order valence-electron chi connectivity index (χ4n) is 2.66. The molecule has 0 fully saturated rings. The summed E-state index contributed by atoms with van der Waals surface area (Å²) in [5.74, 6) is -0.195. The molecule has 0 saturated carbocycles. The zero-order valence-corrected chi connectivity index (χ0v) is 16.2. The quantitative estimate of drug-likeness (QED) is 0.436. The molecule has 2 aromatic heterocycles. The molecule has 0 aliphatic heterocycles. The maximum atomic E-state index is 12.8. The molecule has 0 N–H and O–H groups in total. The van der Waals surface area contributed by atoms with Gasteiger partial charge in [-0.05, 0) is 31.2 Å². The summed E-state index contributed by atoms with van der Waals surface area (Å²) in [7, 11) is 0. The number of hydrogen-bond acceptors (Lipinski definition) is 4. The van der Waals surface area contributed by atoms with Crippen LogP contribution in [0, 0.1) is 6.92 Å². The molecule has 0 spiro atoms. The fourth-order valence-corrected chi connectivity index (χ4v) is 3.84. The Labute approximate surface area is 162 Å². The molecule has 0 unspecified atom stereocenters. The van der Waals surface area contributed by atoms with Crippen molar-refractivity contribution >= 4 is 43.8 Å². The maximum Gasteiger partial charge on any atom is 0.211 e. The number of hydrogen-bond donors (Lipinski definition) is 0. The van der Waals surface area contributed by atoms with Gasteiger partial charge in [-0.1, -0.05) is 57.1 Å². The van der Waals surface area contributed by atoms with Crippen molar-refractivity contribution in [1.29, 1.82) is 0 Å². The molecule has 0 bridgehead atoms. The zero-order valence-electron chi connectivity index (χ0n) is 13.8. The summed E-state index contributed by atoms with van der Waals surface area (Å²) in [6.45, 7) is 1.98. The van der Waals surface area contributed by atoms with Crippen LogP contribution in [0.2, 0.25) is 0 Å². The van der Waals surface area contributed by atoms with Crippen molar-refractivity contribution in [1.82, 2.24) is 9.38 Å². The molecule has 0 aliphatic carbocycles. The number of aromatic nitrogens is 2. The number of rotatable bonds is 4. The van der Waals surface area contributed by atoms with E-state index in [9.17, 15) is 9.59 Å². The van der Waals surface area contributed by atoms with Gasteiger partial charge in [-0.15, -0.1) is 0 Å². The van der Waals surface area contributed by atoms with Crippen molar-refractivity contribution in [3.63, 3.8) is 0 Å². The first-order chi connectivity index (χ1) is 12.5. The second-order valence-electron chi connectivity index (χ2n) is 5.92. The number of fused-ring (bicyclic) bond motifs is 1. The molecule has 0 atom stereocenters. The lowest BCUT2D eigenvalue weighted by Crippen LogP contribution is -2.05. The number of ketones is 2. The Morgan fingerprint density at radius 3 is 2.27 bits per heavy atom. The minimum absolute atomic E-state index is 0.0817. The van der Waals surface area contributed by atoms with Crippen LogP contribution in [0.15, 0.2) is 65.4 Å². The van der Waals surface area contributed by atoms with Gasteiger partial charge in [0.1, 0.15) is 5.69 Å². The van der Waals surface area contributed by atoms with E-state index < -0.39 is 0 Å². The summed E-state index contributed by atoms with van der Waals surface area (Å²) in [5, 5.41) is 0. The largest absolute Gasteiger partial charge is 0.288 e. The number of halogens is 1. The summed E-state index contributed by atoms with van der Waals surface area (Å²) in [6.07, 6.45) is 3.25. The molecule has 26 heavy (non-hydrogen) atoms. The number of nitrogens with zero attached hydrogens (tertiary/aromatic N) is 2. The molecule has 0 saturated heterocycles. The predicted octanol–water partition coefficient (Wildman–Crippen LogP) is 4.93. The van der Waals surface area contributed by atoms with Gasteiger partial charge in [-0.2, -0.15) is 0 Å². The Morgan fingerprint density at radius 2 is 1.58 bits per heavy atom. The highest BCUT2D eigenvalue weighted by Gasteiger charge is 2.19. The van der Waals surface area contributed by atoms with E-state index in [1.54, 1.807) is 41.1 Å². The van der Waals surface area contributed by atoms with Gasteiger partial charge in [-0.3, -0.25) is 14.0 Å². The van der Waals surface area contributed by atoms with Crippen molar-refractivity contribution in [3.05, 3.63) is 92.7 Å². The summed E-state index contributed by atoms with van der Waals surface area (Å²) in [6, 6.07) is 14.6. The Balaban J connectivity index is 1.71. The van der Waals surface area contributed by atoms with E-state index in [1.165, 1.54) is 11.3 Å². The molecule has 6 heteroatoms. The molecular formula is C20H13BrN2O2S. The van der Waals surface area contributed by atoms with Crippen LogP contribution in [0.3, 0.4) is 0 Å². The molecule has 0 radical (unpaired) electrons. The van der Waals surface area contributed by atoms with Gasteiger partial charge >= 0.3 is 0 Å². The first-order valence-electron chi connectivity index (χ1n) is 7.91. The van der Waals surface area contributed by atoms with Crippen LogP contribution >= 0.6 is 27.3 Å². The third kappa shape index (κ3) is 3.02. The molecular weight excluding hydrogens is 412 g/mol. The fraction of sp³-hybridized carbons (Fsp3) is 0.0500. The van der Waals surface area contributed by atoms with Gasteiger partial charge < -0.3 is 0 Å². The lowest BCUT2D eigenvalue weighted by molar-refractivity contribution is 0.102. The van der Waals surface area contributed by atoms with Crippen LogP contribution in [0.4, 0.5) is 0 Å². The third-order valence-electron chi connectivity index (χ3n) is 4.09. The molecule has 2 heterocycles.